The van der Waals surface area contributed by atoms with E-state index in [0.29, 0.717) is 29.4 Å². The van der Waals surface area contributed by atoms with Gasteiger partial charge in [0.15, 0.2) is 17.7 Å². The normalized spacial score (nSPS) is 16.4. The summed E-state index contributed by atoms with van der Waals surface area (Å²) in [7, 11) is 1.28. The first-order valence-electron chi connectivity index (χ1n) is 10.8. The molecule has 2 amide bonds. The number of methoxy groups -OCH3 is 1. The van der Waals surface area contributed by atoms with Gasteiger partial charge < -0.3 is 30.0 Å². The summed E-state index contributed by atoms with van der Waals surface area (Å²) in [5.74, 6) is 0.228. The van der Waals surface area contributed by atoms with E-state index in [1.165, 1.54) is 7.11 Å². The average Bonchev–Trinajstić information content (AvgIpc) is 2.83. The quantitative estimate of drug-likeness (QED) is 0.109. The minimum atomic E-state index is -1.07. The Labute approximate surface area is 216 Å². The summed E-state index contributed by atoms with van der Waals surface area (Å²) in [6.07, 6.45) is 0.533. The number of nitrogens with one attached hydrogen (secondary N) is 3. The number of aliphatic hydroxyl groups excluding tert-OH is 1. The van der Waals surface area contributed by atoms with Crippen molar-refractivity contribution in [3.05, 3.63) is 68.4 Å². The highest BCUT2D eigenvalue weighted by molar-refractivity contribution is 14.1. The van der Waals surface area contributed by atoms with Crippen LogP contribution in [-0.4, -0.2) is 49.9 Å². The fraction of sp³-hybridized carbons (Fsp3) is 0.292. The zero-order valence-electron chi connectivity index (χ0n) is 19.5. The molecule has 0 radical (unpaired) electrons. The molecule has 186 valence electrons. The van der Waals surface area contributed by atoms with Gasteiger partial charge in [-0.3, -0.25) is 5.43 Å². The number of nitrogens with zero attached hydrogens (tertiary/aromatic N) is 1. The molecule has 0 spiro atoms. The molecule has 1 heterocycles. The van der Waals surface area contributed by atoms with Crippen molar-refractivity contribution in [2.45, 2.75) is 26.1 Å². The number of carbonyl (C=O) groups is 2. The van der Waals surface area contributed by atoms with E-state index in [1.54, 1.807) is 31.3 Å². The van der Waals surface area contributed by atoms with Crippen LogP contribution in [-0.2, 0) is 9.53 Å². The molecular weight excluding hydrogens is 567 g/mol. The maximum atomic E-state index is 12.3. The van der Waals surface area contributed by atoms with E-state index in [1.807, 2.05) is 31.2 Å². The van der Waals surface area contributed by atoms with Gasteiger partial charge in [0.2, 0.25) is 0 Å². The van der Waals surface area contributed by atoms with Gasteiger partial charge in [-0.15, -0.1) is 0 Å². The van der Waals surface area contributed by atoms with Crippen molar-refractivity contribution in [2.75, 3.05) is 20.3 Å². The Bertz CT molecular complexity index is 1120. The summed E-state index contributed by atoms with van der Waals surface area (Å²) >= 11 is 2.22. The number of aliphatic hydroxyl groups is 1. The lowest BCUT2D eigenvalue weighted by molar-refractivity contribution is -0.136. The van der Waals surface area contributed by atoms with Crippen molar-refractivity contribution in [2.24, 2.45) is 5.10 Å². The van der Waals surface area contributed by atoms with Crippen molar-refractivity contribution in [1.82, 2.24) is 16.1 Å². The predicted octanol–water partition coefficient (Wildman–Crippen LogP) is 2.81. The topological polar surface area (TPSA) is 131 Å². The lowest BCUT2D eigenvalue weighted by atomic mass is 9.95. The SMILES string of the molecule is CCOc1cc([C@H]2NC(=O)NC(C)=C2C(=O)OC)ccc1OC[C@H](O)N/N=C\c1ccc(I)cc1. The second kappa shape index (κ2) is 12.4. The molecule has 1 aliphatic heterocycles. The van der Waals surface area contributed by atoms with Gasteiger partial charge in [0.25, 0.3) is 0 Å². The van der Waals surface area contributed by atoms with Gasteiger partial charge in [-0.05, 0) is 71.8 Å². The number of urea groups is 1. The molecule has 0 fully saturated rings. The molecular formula is C24H27IN4O6. The molecule has 0 aliphatic carbocycles. The van der Waals surface area contributed by atoms with E-state index in [9.17, 15) is 14.7 Å². The molecule has 2 atom stereocenters. The molecule has 0 saturated heterocycles. The molecule has 10 nitrogen and oxygen atoms in total. The molecule has 0 saturated carbocycles. The Morgan fingerprint density at radius 1 is 1.23 bits per heavy atom. The first-order chi connectivity index (χ1) is 16.8. The van der Waals surface area contributed by atoms with Crippen LogP contribution in [0.3, 0.4) is 0 Å². The molecule has 0 bridgehead atoms. The molecule has 2 aromatic carbocycles. The second-order valence-corrected chi connectivity index (χ2v) is 8.71. The average molecular weight is 594 g/mol. The number of esters is 1. The Morgan fingerprint density at radius 3 is 2.66 bits per heavy atom. The molecule has 2 aromatic rings. The Morgan fingerprint density at radius 2 is 1.97 bits per heavy atom. The number of ether oxygens (including phenoxy) is 3. The summed E-state index contributed by atoms with van der Waals surface area (Å²) in [5.41, 5.74) is 4.80. The van der Waals surface area contributed by atoms with Crippen LogP contribution in [0.25, 0.3) is 0 Å². The molecule has 3 rings (SSSR count). The fourth-order valence-corrected chi connectivity index (χ4v) is 3.73. The predicted molar refractivity (Wildman–Crippen MR) is 138 cm³/mol. The van der Waals surface area contributed by atoms with E-state index < -0.39 is 24.3 Å². The van der Waals surface area contributed by atoms with E-state index in [-0.39, 0.29) is 12.2 Å². The summed E-state index contributed by atoms with van der Waals surface area (Å²) in [4.78, 5) is 24.4. The highest BCUT2D eigenvalue weighted by Crippen LogP contribution is 2.34. The van der Waals surface area contributed by atoms with Crippen LogP contribution in [0.2, 0.25) is 0 Å². The van der Waals surface area contributed by atoms with Crippen LogP contribution in [0.5, 0.6) is 11.5 Å². The summed E-state index contributed by atoms with van der Waals surface area (Å²) in [6, 6.07) is 11.6. The maximum absolute atomic E-state index is 12.3. The van der Waals surface area contributed by atoms with Crippen molar-refractivity contribution < 1.29 is 28.9 Å². The number of carbonyl (C=O) groups excluding carboxylic acids is 2. The summed E-state index contributed by atoms with van der Waals surface area (Å²) in [5, 5.41) is 19.5. The van der Waals surface area contributed by atoms with Gasteiger partial charge in [-0.25, -0.2) is 9.59 Å². The van der Waals surface area contributed by atoms with E-state index in [0.717, 1.165) is 9.13 Å². The van der Waals surface area contributed by atoms with E-state index in [4.69, 9.17) is 14.2 Å². The number of allylic oxidation sites excluding steroid dienone is 1. The number of hydrazone groups is 1. The molecule has 1 aliphatic rings. The molecule has 11 heteroatoms. The van der Waals surface area contributed by atoms with Crippen molar-refractivity contribution in [1.29, 1.82) is 0 Å². The van der Waals surface area contributed by atoms with Crippen LogP contribution in [0.15, 0.2) is 58.8 Å². The number of amides is 2. The first-order valence-corrected chi connectivity index (χ1v) is 11.9. The van der Waals surface area contributed by atoms with E-state index in [2.05, 4.69) is 43.8 Å². The highest BCUT2D eigenvalue weighted by Gasteiger charge is 2.32. The zero-order chi connectivity index (χ0) is 25.4. The van der Waals surface area contributed by atoms with Gasteiger partial charge in [0.1, 0.15) is 6.61 Å². The molecule has 4 N–H and O–H groups in total. The van der Waals surface area contributed by atoms with Crippen molar-refractivity contribution in [3.8, 4) is 11.5 Å². The van der Waals surface area contributed by atoms with Gasteiger partial charge in [-0.1, -0.05) is 18.2 Å². The first kappa shape index (κ1) is 26.3. The van der Waals surface area contributed by atoms with Crippen molar-refractivity contribution in [3.63, 3.8) is 0 Å². The van der Waals surface area contributed by atoms with Gasteiger partial charge in [-0.2, -0.15) is 5.10 Å². The maximum Gasteiger partial charge on any atom is 0.337 e. The molecule has 0 unspecified atom stereocenters. The third-order valence-electron chi connectivity index (χ3n) is 4.98. The number of rotatable bonds is 10. The fourth-order valence-electron chi connectivity index (χ4n) is 3.37. The number of halogens is 1. The third-order valence-corrected chi connectivity index (χ3v) is 5.70. The second-order valence-electron chi connectivity index (χ2n) is 7.47. The number of hydrogen-bond acceptors (Lipinski definition) is 8. The van der Waals surface area contributed by atoms with Crippen LogP contribution in [0.4, 0.5) is 4.79 Å². The van der Waals surface area contributed by atoms with Gasteiger partial charge >= 0.3 is 12.0 Å². The van der Waals surface area contributed by atoms with Crippen LogP contribution < -0.4 is 25.5 Å². The largest absolute Gasteiger partial charge is 0.490 e. The van der Waals surface area contributed by atoms with Gasteiger partial charge in [0, 0.05) is 9.27 Å². The minimum Gasteiger partial charge on any atom is -0.490 e. The lowest BCUT2D eigenvalue weighted by Crippen LogP contribution is -2.45. The minimum absolute atomic E-state index is 0.0973. The monoisotopic (exact) mass is 594 g/mol. The van der Waals surface area contributed by atoms with Crippen LogP contribution in [0, 0.1) is 3.57 Å². The zero-order valence-corrected chi connectivity index (χ0v) is 21.7. The molecule has 0 aromatic heterocycles. The number of hydrogen-bond donors (Lipinski definition) is 4. The van der Waals surface area contributed by atoms with Gasteiger partial charge in [0.05, 0.1) is 31.5 Å². The number of benzene rings is 2. The molecule has 35 heavy (non-hydrogen) atoms. The Hall–Kier alpha value is -3.32. The Balaban J connectivity index is 1.71. The smallest absolute Gasteiger partial charge is 0.337 e. The third kappa shape index (κ3) is 7.09. The lowest BCUT2D eigenvalue weighted by Gasteiger charge is -2.28. The standard InChI is InChI=1S/C24H27IN4O6/c1-4-34-19-11-16(22-21(23(31)33-3)14(2)27-24(32)28-22)7-10-18(19)35-13-20(30)29-26-12-15-5-8-17(25)9-6-15/h5-12,20,22,29-30H,4,13H2,1-3H3,(H2,27,28,32)/b26-12-/t20-,22+/m0/s1. The summed E-state index contributed by atoms with van der Waals surface area (Å²) in [6.45, 7) is 3.72. The van der Waals surface area contributed by atoms with Crippen LogP contribution in [0.1, 0.15) is 31.0 Å². The van der Waals surface area contributed by atoms with Crippen LogP contribution >= 0.6 is 22.6 Å². The summed E-state index contributed by atoms with van der Waals surface area (Å²) < 4.78 is 17.4. The highest BCUT2D eigenvalue weighted by atomic mass is 127. The Kier molecular flexibility index (Phi) is 9.32. The van der Waals surface area contributed by atoms with E-state index >= 15 is 0 Å². The van der Waals surface area contributed by atoms with Crippen molar-refractivity contribution >= 4 is 40.8 Å².